The minimum atomic E-state index is -4.05. The summed E-state index contributed by atoms with van der Waals surface area (Å²) in [5.74, 6) is -0.347. The van der Waals surface area contributed by atoms with Crippen LogP contribution in [0, 0.1) is 5.92 Å². The Morgan fingerprint density at radius 1 is 1.17 bits per heavy atom. The summed E-state index contributed by atoms with van der Waals surface area (Å²) in [6.07, 6.45) is -1.52. The van der Waals surface area contributed by atoms with Crippen molar-refractivity contribution in [3.63, 3.8) is 0 Å². The van der Waals surface area contributed by atoms with E-state index >= 15 is 0 Å². The standard InChI is InChI=1S/C8H12ClF3/c9-7-4-2-1-3-6(7)5-8(10,11)12/h6-7H,1-5H2. The van der Waals surface area contributed by atoms with E-state index in [0.717, 1.165) is 19.3 Å². The minimum Gasteiger partial charge on any atom is -0.171 e. The number of hydrogen-bond acceptors (Lipinski definition) is 0. The van der Waals surface area contributed by atoms with Gasteiger partial charge >= 0.3 is 6.18 Å². The van der Waals surface area contributed by atoms with Gasteiger partial charge in [0, 0.05) is 11.8 Å². The summed E-state index contributed by atoms with van der Waals surface area (Å²) in [4.78, 5) is 0. The normalized spacial score (nSPS) is 32.0. The molecule has 1 aliphatic carbocycles. The van der Waals surface area contributed by atoms with E-state index in [1.54, 1.807) is 0 Å². The summed E-state index contributed by atoms with van der Waals surface area (Å²) in [7, 11) is 0. The van der Waals surface area contributed by atoms with E-state index in [4.69, 9.17) is 11.6 Å². The van der Waals surface area contributed by atoms with Crippen molar-refractivity contribution in [2.45, 2.75) is 43.7 Å². The topological polar surface area (TPSA) is 0 Å². The number of rotatable bonds is 1. The molecule has 0 bridgehead atoms. The molecule has 1 aliphatic rings. The van der Waals surface area contributed by atoms with Crippen LogP contribution >= 0.6 is 11.6 Å². The fourth-order valence-electron chi connectivity index (χ4n) is 1.69. The van der Waals surface area contributed by atoms with Crippen LogP contribution in [0.2, 0.25) is 0 Å². The van der Waals surface area contributed by atoms with Crippen molar-refractivity contribution in [3.05, 3.63) is 0 Å². The maximum absolute atomic E-state index is 12.0. The second-order valence-corrected chi connectivity index (χ2v) is 3.94. The van der Waals surface area contributed by atoms with Crippen molar-refractivity contribution < 1.29 is 13.2 Å². The van der Waals surface area contributed by atoms with Gasteiger partial charge in [0.05, 0.1) is 0 Å². The highest BCUT2D eigenvalue weighted by Crippen LogP contribution is 2.36. The summed E-state index contributed by atoms with van der Waals surface area (Å²) in [5.41, 5.74) is 0. The molecule has 12 heavy (non-hydrogen) atoms. The second kappa shape index (κ2) is 3.86. The van der Waals surface area contributed by atoms with Crippen molar-refractivity contribution in [1.29, 1.82) is 0 Å². The van der Waals surface area contributed by atoms with E-state index in [1.165, 1.54) is 0 Å². The van der Waals surface area contributed by atoms with E-state index in [9.17, 15) is 13.2 Å². The molecule has 0 spiro atoms. The molecule has 2 atom stereocenters. The van der Waals surface area contributed by atoms with Crippen LogP contribution in [0.4, 0.5) is 13.2 Å². The zero-order valence-electron chi connectivity index (χ0n) is 6.70. The molecular weight excluding hydrogens is 189 g/mol. The van der Waals surface area contributed by atoms with Crippen molar-refractivity contribution in [1.82, 2.24) is 0 Å². The van der Waals surface area contributed by atoms with Gasteiger partial charge < -0.3 is 0 Å². The predicted octanol–water partition coefficient (Wildman–Crippen LogP) is 3.74. The van der Waals surface area contributed by atoms with Gasteiger partial charge in [0.2, 0.25) is 0 Å². The Morgan fingerprint density at radius 3 is 2.25 bits per heavy atom. The Labute approximate surface area is 75.1 Å². The Morgan fingerprint density at radius 2 is 1.75 bits per heavy atom. The van der Waals surface area contributed by atoms with Gasteiger partial charge in [0.25, 0.3) is 0 Å². The van der Waals surface area contributed by atoms with E-state index in [0.29, 0.717) is 6.42 Å². The second-order valence-electron chi connectivity index (χ2n) is 3.38. The molecule has 0 aromatic carbocycles. The maximum atomic E-state index is 12.0. The Kier molecular flexibility index (Phi) is 3.27. The fourth-order valence-corrected chi connectivity index (χ4v) is 2.06. The zero-order chi connectivity index (χ0) is 9.19. The summed E-state index contributed by atoms with van der Waals surface area (Å²) in [6, 6.07) is 0. The monoisotopic (exact) mass is 200 g/mol. The molecule has 0 aromatic rings. The summed E-state index contributed by atoms with van der Waals surface area (Å²) in [5, 5.41) is -0.264. The summed E-state index contributed by atoms with van der Waals surface area (Å²) < 4.78 is 35.9. The molecule has 0 nitrogen and oxygen atoms in total. The van der Waals surface area contributed by atoms with Gasteiger partial charge in [0.15, 0.2) is 0 Å². The van der Waals surface area contributed by atoms with Crippen LogP contribution in [-0.2, 0) is 0 Å². The maximum Gasteiger partial charge on any atom is 0.389 e. The lowest BCUT2D eigenvalue weighted by molar-refractivity contribution is -0.146. The van der Waals surface area contributed by atoms with Crippen LogP contribution in [0.25, 0.3) is 0 Å². The van der Waals surface area contributed by atoms with Crippen LogP contribution in [0.5, 0.6) is 0 Å². The van der Waals surface area contributed by atoms with Crippen LogP contribution in [0.1, 0.15) is 32.1 Å². The Balaban J connectivity index is 2.39. The molecule has 0 saturated heterocycles. The summed E-state index contributed by atoms with van der Waals surface area (Å²) >= 11 is 5.79. The molecule has 4 heteroatoms. The highest BCUT2D eigenvalue weighted by atomic mass is 35.5. The molecule has 2 unspecified atom stereocenters. The Bertz CT molecular complexity index is 144. The average molecular weight is 201 g/mol. The van der Waals surface area contributed by atoms with Crippen LogP contribution in [0.3, 0.4) is 0 Å². The first-order valence-electron chi connectivity index (χ1n) is 4.20. The third-order valence-electron chi connectivity index (χ3n) is 2.31. The number of alkyl halides is 4. The third-order valence-corrected chi connectivity index (χ3v) is 2.88. The predicted molar refractivity (Wildman–Crippen MR) is 42.3 cm³/mol. The Hall–Kier alpha value is 0.0800. The smallest absolute Gasteiger partial charge is 0.171 e. The van der Waals surface area contributed by atoms with Crippen LogP contribution < -0.4 is 0 Å². The SMILES string of the molecule is FC(F)(F)CC1CCCCC1Cl. The molecule has 1 saturated carbocycles. The van der Waals surface area contributed by atoms with Gasteiger partial charge in [-0.05, 0) is 18.8 Å². The fraction of sp³-hybridized carbons (Fsp3) is 1.00. The molecule has 0 amide bonds. The molecular formula is C8H12ClF3. The molecule has 72 valence electrons. The number of hydrogen-bond donors (Lipinski definition) is 0. The summed E-state index contributed by atoms with van der Waals surface area (Å²) in [6.45, 7) is 0. The van der Waals surface area contributed by atoms with Crippen molar-refractivity contribution in [3.8, 4) is 0 Å². The molecule has 1 rings (SSSR count). The van der Waals surface area contributed by atoms with Crippen molar-refractivity contribution >= 4 is 11.6 Å². The van der Waals surface area contributed by atoms with E-state index in [1.807, 2.05) is 0 Å². The van der Waals surface area contributed by atoms with E-state index in [-0.39, 0.29) is 11.3 Å². The molecule has 0 radical (unpaired) electrons. The lowest BCUT2D eigenvalue weighted by Crippen LogP contribution is -2.25. The minimum absolute atomic E-state index is 0.264. The molecule has 1 fully saturated rings. The average Bonchev–Trinajstić information content (AvgIpc) is 1.91. The van der Waals surface area contributed by atoms with Gasteiger partial charge in [-0.25, -0.2) is 0 Å². The largest absolute Gasteiger partial charge is 0.389 e. The highest BCUT2D eigenvalue weighted by molar-refractivity contribution is 6.20. The van der Waals surface area contributed by atoms with E-state index < -0.39 is 12.6 Å². The van der Waals surface area contributed by atoms with E-state index in [2.05, 4.69) is 0 Å². The lowest BCUT2D eigenvalue weighted by Gasteiger charge is -2.27. The van der Waals surface area contributed by atoms with Crippen LogP contribution in [-0.4, -0.2) is 11.6 Å². The molecule has 0 heterocycles. The zero-order valence-corrected chi connectivity index (χ0v) is 7.46. The highest BCUT2D eigenvalue weighted by Gasteiger charge is 2.35. The molecule has 0 aliphatic heterocycles. The van der Waals surface area contributed by atoms with Crippen LogP contribution in [0.15, 0.2) is 0 Å². The number of halogens is 4. The van der Waals surface area contributed by atoms with Crippen molar-refractivity contribution in [2.75, 3.05) is 0 Å². The quantitative estimate of drug-likeness (QED) is 0.566. The van der Waals surface area contributed by atoms with Gasteiger partial charge in [0.1, 0.15) is 0 Å². The van der Waals surface area contributed by atoms with Crippen molar-refractivity contribution in [2.24, 2.45) is 5.92 Å². The third kappa shape index (κ3) is 3.21. The molecule has 0 aromatic heterocycles. The van der Waals surface area contributed by atoms with Gasteiger partial charge in [-0.2, -0.15) is 13.2 Å². The van der Waals surface area contributed by atoms with Gasteiger partial charge in [-0.3, -0.25) is 0 Å². The van der Waals surface area contributed by atoms with Gasteiger partial charge in [-0.15, -0.1) is 11.6 Å². The first kappa shape index (κ1) is 10.2. The first-order chi connectivity index (χ1) is 5.49. The lowest BCUT2D eigenvalue weighted by atomic mass is 9.86. The molecule has 0 N–H and O–H groups in total. The first-order valence-corrected chi connectivity index (χ1v) is 4.63. The van der Waals surface area contributed by atoms with Gasteiger partial charge in [-0.1, -0.05) is 12.8 Å².